The molecule has 0 atom stereocenters. The minimum atomic E-state index is -0.460. The molecular formula is C22H19NO6S. The summed E-state index contributed by atoms with van der Waals surface area (Å²) in [7, 11) is 1.55. The van der Waals surface area contributed by atoms with Gasteiger partial charge in [-0.05, 0) is 42.5 Å². The van der Waals surface area contributed by atoms with Crippen LogP contribution < -0.4 is 10.4 Å². The van der Waals surface area contributed by atoms with Gasteiger partial charge < -0.3 is 18.4 Å². The first-order chi connectivity index (χ1) is 14.5. The summed E-state index contributed by atoms with van der Waals surface area (Å²) in [5.74, 6) is 0.817. The summed E-state index contributed by atoms with van der Waals surface area (Å²) >= 11 is 1.54. The van der Waals surface area contributed by atoms with Gasteiger partial charge in [0, 0.05) is 29.5 Å². The second-order valence-electron chi connectivity index (χ2n) is 6.68. The molecule has 0 bridgehead atoms. The summed E-state index contributed by atoms with van der Waals surface area (Å²) in [4.78, 5) is 25.5. The Labute approximate surface area is 175 Å². The number of methoxy groups -OCH3 is 1. The molecule has 3 aromatic heterocycles. The fraction of sp³-hybridized carbons (Fsp3) is 0.227. The van der Waals surface area contributed by atoms with Crippen molar-refractivity contribution in [2.75, 3.05) is 7.11 Å². The Morgan fingerprint density at radius 1 is 1.23 bits per heavy atom. The average Bonchev–Trinajstić information content (AvgIpc) is 3.43. The summed E-state index contributed by atoms with van der Waals surface area (Å²) < 4.78 is 21.1. The lowest BCUT2D eigenvalue weighted by atomic mass is 10.0. The van der Waals surface area contributed by atoms with Crippen molar-refractivity contribution in [3.8, 4) is 16.4 Å². The Bertz CT molecular complexity index is 1240. The largest absolute Gasteiger partial charge is 0.497 e. The van der Waals surface area contributed by atoms with E-state index in [-0.39, 0.29) is 19.4 Å². The first-order valence-electron chi connectivity index (χ1n) is 9.30. The monoisotopic (exact) mass is 425 g/mol. The van der Waals surface area contributed by atoms with Gasteiger partial charge in [-0.2, -0.15) is 0 Å². The fourth-order valence-corrected chi connectivity index (χ4v) is 3.83. The normalized spacial score (nSPS) is 11.0. The smallest absolute Gasteiger partial charge is 0.339 e. The third kappa shape index (κ3) is 4.13. The molecule has 8 heteroatoms. The zero-order valence-corrected chi connectivity index (χ0v) is 17.3. The van der Waals surface area contributed by atoms with Crippen molar-refractivity contribution in [2.45, 2.75) is 26.4 Å². The highest BCUT2D eigenvalue weighted by molar-refractivity contribution is 7.13. The number of thiophene rings is 1. The lowest BCUT2D eigenvalue weighted by Gasteiger charge is -2.08. The number of rotatable bonds is 7. The molecule has 3 heterocycles. The van der Waals surface area contributed by atoms with Crippen LogP contribution in [0.5, 0.6) is 5.75 Å². The molecule has 30 heavy (non-hydrogen) atoms. The van der Waals surface area contributed by atoms with Crippen LogP contribution in [0.4, 0.5) is 0 Å². The maximum Gasteiger partial charge on any atom is 0.339 e. The van der Waals surface area contributed by atoms with Crippen LogP contribution in [0.25, 0.3) is 21.6 Å². The van der Waals surface area contributed by atoms with Gasteiger partial charge in [0.1, 0.15) is 23.6 Å². The molecule has 0 unspecified atom stereocenters. The molecule has 4 rings (SSSR count). The zero-order valence-electron chi connectivity index (χ0n) is 16.5. The van der Waals surface area contributed by atoms with Crippen molar-refractivity contribution in [1.29, 1.82) is 0 Å². The number of aryl methyl sites for hydroxylation is 1. The van der Waals surface area contributed by atoms with E-state index >= 15 is 0 Å². The number of carbonyl (C=O) groups is 1. The van der Waals surface area contributed by atoms with Crippen molar-refractivity contribution in [1.82, 2.24) is 5.16 Å². The fourth-order valence-electron chi connectivity index (χ4n) is 3.16. The highest BCUT2D eigenvalue weighted by Crippen LogP contribution is 2.26. The molecule has 0 radical (unpaired) electrons. The molecule has 1 aromatic carbocycles. The minimum Gasteiger partial charge on any atom is -0.497 e. The van der Waals surface area contributed by atoms with E-state index in [0.29, 0.717) is 28.4 Å². The Kier molecular flexibility index (Phi) is 5.67. The van der Waals surface area contributed by atoms with E-state index in [4.69, 9.17) is 18.4 Å². The van der Waals surface area contributed by atoms with E-state index in [9.17, 15) is 9.59 Å². The Morgan fingerprint density at radius 3 is 2.87 bits per heavy atom. The number of hydrogen-bond acceptors (Lipinski definition) is 8. The molecule has 0 amide bonds. The maximum absolute atomic E-state index is 12.4. The summed E-state index contributed by atoms with van der Waals surface area (Å²) in [5.41, 5.74) is 1.77. The third-order valence-electron chi connectivity index (χ3n) is 4.78. The first kappa shape index (κ1) is 19.9. The van der Waals surface area contributed by atoms with E-state index < -0.39 is 11.6 Å². The maximum atomic E-state index is 12.4. The highest BCUT2D eigenvalue weighted by Gasteiger charge is 2.15. The van der Waals surface area contributed by atoms with Crippen molar-refractivity contribution in [2.24, 2.45) is 0 Å². The van der Waals surface area contributed by atoms with Gasteiger partial charge in [0.05, 0.1) is 12.0 Å². The predicted octanol–water partition coefficient (Wildman–Crippen LogP) is 4.50. The predicted molar refractivity (Wildman–Crippen MR) is 112 cm³/mol. The molecule has 0 aliphatic heterocycles. The summed E-state index contributed by atoms with van der Waals surface area (Å²) in [6.45, 7) is 1.85. The molecule has 154 valence electrons. The van der Waals surface area contributed by atoms with Gasteiger partial charge >= 0.3 is 11.6 Å². The van der Waals surface area contributed by atoms with Gasteiger partial charge in [0.25, 0.3) is 0 Å². The van der Waals surface area contributed by atoms with Gasteiger partial charge in [-0.1, -0.05) is 11.2 Å². The standard InChI is InChI=1S/C22H19NO6S/c1-13-16-6-5-15(26-2)11-18(16)28-22(25)17(13)7-8-21(24)27-12-14-10-19(29-23-14)20-4-3-9-30-20/h3-6,9-11H,7-8,12H2,1-2H3. The molecule has 0 spiro atoms. The van der Waals surface area contributed by atoms with Crippen LogP contribution in [0.3, 0.4) is 0 Å². The van der Waals surface area contributed by atoms with Gasteiger partial charge in [-0.25, -0.2) is 4.79 Å². The van der Waals surface area contributed by atoms with Gasteiger partial charge in [-0.15, -0.1) is 11.3 Å². The Hall–Kier alpha value is -3.39. The number of nitrogens with zero attached hydrogens (tertiary/aromatic N) is 1. The number of hydrogen-bond donors (Lipinski definition) is 0. The summed E-state index contributed by atoms with van der Waals surface area (Å²) in [6.07, 6.45) is 0.289. The molecule has 0 fully saturated rings. The van der Waals surface area contributed by atoms with Crippen LogP contribution in [-0.2, 0) is 22.6 Å². The van der Waals surface area contributed by atoms with E-state index in [1.165, 1.54) is 11.3 Å². The number of benzene rings is 1. The van der Waals surface area contributed by atoms with Gasteiger partial charge in [-0.3, -0.25) is 4.79 Å². The number of esters is 1. The second-order valence-corrected chi connectivity index (χ2v) is 7.62. The number of carbonyl (C=O) groups excluding carboxylic acids is 1. The molecule has 0 aliphatic rings. The van der Waals surface area contributed by atoms with Gasteiger partial charge in [0.15, 0.2) is 5.76 Å². The minimum absolute atomic E-state index is 0.0127. The Morgan fingerprint density at radius 2 is 2.10 bits per heavy atom. The highest BCUT2D eigenvalue weighted by atomic mass is 32.1. The number of fused-ring (bicyclic) bond motifs is 1. The lowest BCUT2D eigenvalue weighted by molar-refractivity contribution is -0.145. The topological polar surface area (TPSA) is 91.8 Å². The van der Waals surface area contributed by atoms with Crippen LogP contribution in [0.2, 0.25) is 0 Å². The summed E-state index contributed by atoms with van der Waals surface area (Å²) in [6, 6.07) is 10.9. The SMILES string of the molecule is COc1ccc2c(C)c(CCC(=O)OCc3cc(-c4cccs4)on3)c(=O)oc2c1. The van der Waals surface area contributed by atoms with E-state index in [1.807, 2.05) is 30.5 Å². The van der Waals surface area contributed by atoms with Crippen LogP contribution in [0, 0.1) is 6.92 Å². The van der Waals surface area contributed by atoms with E-state index in [2.05, 4.69) is 5.16 Å². The van der Waals surface area contributed by atoms with Crippen molar-refractivity contribution < 1.29 is 23.2 Å². The molecule has 4 aromatic rings. The van der Waals surface area contributed by atoms with Crippen molar-refractivity contribution in [3.05, 3.63) is 69.0 Å². The molecule has 0 N–H and O–H groups in total. The third-order valence-corrected chi connectivity index (χ3v) is 5.66. The molecular weight excluding hydrogens is 406 g/mol. The van der Waals surface area contributed by atoms with Crippen molar-refractivity contribution >= 4 is 28.3 Å². The molecule has 0 saturated carbocycles. The quantitative estimate of drug-likeness (QED) is 0.318. The van der Waals surface area contributed by atoms with Crippen LogP contribution >= 0.6 is 11.3 Å². The van der Waals surface area contributed by atoms with Crippen molar-refractivity contribution in [3.63, 3.8) is 0 Å². The van der Waals surface area contributed by atoms with Crippen LogP contribution in [0.15, 0.2) is 55.5 Å². The summed E-state index contributed by atoms with van der Waals surface area (Å²) in [5, 5.41) is 6.67. The van der Waals surface area contributed by atoms with Crippen LogP contribution in [-0.4, -0.2) is 18.2 Å². The molecule has 0 saturated heterocycles. The second kappa shape index (κ2) is 8.54. The Balaban J connectivity index is 1.39. The van der Waals surface area contributed by atoms with E-state index in [0.717, 1.165) is 15.8 Å². The molecule has 7 nitrogen and oxygen atoms in total. The number of aromatic nitrogens is 1. The first-order valence-corrected chi connectivity index (χ1v) is 10.2. The van der Waals surface area contributed by atoms with Gasteiger partial charge in [0.2, 0.25) is 0 Å². The molecule has 0 aliphatic carbocycles. The average molecular weight is 425 g/mol. The number of ether oxygens (including phenoxy) is 2. The zero-order chi connectivity index (χ0) is 21.1. The van der Waals surface area contributed by atoms with E-state index in [1.54, 1.807) is 25.3 Å². The lowest BCUT2D eigenvalue weighted by Crippen LogP contribution is -2.13. The van der Waals surface area contributed by atoms with Crippen LogP contribution in [0.1, 0.15) is 23.2 Å².